The molecule has 10 nitrogen and oxygen atoms in total. The smallest absolute Gasteiger partial charge is 0.490 e. The van der Waals surface area contributed by atoms with E-state index in [0.717, 1.165) is 55.0 Å². The number of ether oxygens (including phenoxy) is 5. The fourth-order valence-electron chi connectivity index (χ4n) is 5.29. The number of halogens is 5. The minimum absolute atomic E-state index is 0.0778. The number of β-amino-alcohol motifs (C(OH)–C–C–N with tert-alkyl or cyclic N) is 1. The van der Waals surface area contributed by atoms with Gasteiger partial charge in [-0.15, -0.1) is 0 Å². The van der Waals surface area contributed by atoms with E-state index in [1.807, 2.05) is 42.5 Å². The van der Waals surface area contributed by atoms with E-state index in [0.29, 0.717) is 18.7 Å². The van der Waals surface area contributed by atoms with Crippen LogP contribution < -0.4 is 18.9 Å². The maximum Gasteiger partial charge on any atom is 0.490 e. The number of likely N-dealkylation sites (tertiary alicyclic amines) is 1. The van der Waals surface area contributed by atoms with E-state index in [2.05, 4.69) is 9.64 Å². The lowest BCUT2D eigenvalue weighted by Crippen LogP contribution is -2.49. The molecule has 3 aromatic rings. The molecule has 0 radical (unpaired) electrons. The molecule has 3 aromatic carbocycles. The summed E-state index contributed by atoms with van der Waals surface area (Å²) < 4.78 is 59.4. The molecule has 2 aliphatic rings. The van der Waals surface area contributed by atoms with Gasteiger partial charge >= 0.3 is 18.1 Å². The highest BCUT2D eigenvalue weighted by Gasteiger charge is 2.42. The van der Waals surface area contributed by atoms with Gasteiger partial charge in [0.25, 0.3) is 0 Å². The van der Waals surface area contributed by atoms with Gasteiger partial charge in [0.15, 0.2) is 0 Å². The first-order valence-electron chi connectivity index (χ1n) is 14.7. The molecule has 1 atom stereocenters. The van der Waals surface area contributed by atoms with Crippen LogP contribution in [0, 0.1) is 0 Å². The molecule has 0 unspecified atom stereocenters. The number of aromatic carboxylic acids is 1. The van der Waals surface area contributed by atoms with Gasteiger partial charge in [-0.05, 0) is 47.5 Å². The van der Waals surface area contributed by atoms with Crippen molar-refractivity contribution in [2.45, 2.75) is 43.8 Å². The Morgan fingerprint density at radius 3 is 2.27 bits per heavy atom. The normalized spacial score (nSPS) is 15.8. The molecule has 2 N–H and O–H groups in total. The van der Waals surface area contributed by atoms with Gasteiger partial charge in [-0.25, -0.2) is 9.59 Å². The topological polar surface area (TPSA) is 124 Å². The maximum absolute atomic E-state index is 11.8. The Morgan fingerprint density at radius 2 is 1.69 bits per heavy atom. The van der Waals surface area contributed by atoms with Crippen molar-refractivity contribution in [3.05, 3.63) is 81.3 Å². The molecular formula is C33H34Cl2F3NO9. The molecule has 0 bridgehead atoms. The predicted molar refractivity (Wildman–Crippen MR) is 169 cm³/mol. The van der Waals surface area contributed by atoms with Crippen molar-refractivity contribution < 1.29 is 56.7 Å². The number of aliphatic hydroxyl groups is 1. The van der Waals surface area contributed by atoms with Gasteiger partial charge in [0.2, 0.25) is 0 Å². The molecule has 5 rings (SSSR count). The molecule has 2 aliphatic heterocycles. The fourth-order valence-corrected chi connectivity index (χ4v) is 5.70. The average molecular weight is 717 g/mol. The van der Waals surface area contributed by atoms with Crippen LogP contribution >= 0.6 is 23.2 Å². The van der Waals surface area contributed by atoms with Crippen molar-refractivity contribution in [2.24, 2.45) is 0 Å². The molecule has 2 heterocycles. The highest BCUT2D eigenvalue weighted by molar-refractivity contribution is 6.32. The molecule has 0 amide bonds. The third-order valence-electron chi connectivity index (χ3n) is 7.76. The average Bonchev–Trinajstić information content (AvgIpc) is 3.40. The molecule has 1 fully saturated rings. The first kappa shape index (κ1) is 36.9. The number of esters is 1. The Balaban J connectivity index is 0.000000579. The monoisotopic (exact) mass is 715 g/mol. The Kier molecular flexibility index (Phi) is 12.3. The molecule has 48 heavy (non-hydrogen) atoms. The number of aliphatic hydroxyl groups excluding tert-OH is 1. The first-order valence-corrected chi connectivity index (χ1v) is 15.5. The number of alkyl halides is 3. The number of carbonyl (C=O) groups is 2. The zero-order chi connectivity index (χ0) is 35.1. The summed E-state index contributed by atoms with van der Waals surface area (Å²) in [5.41, 5.74) is 1.69. The highest BCUT2D eigenvalue weighted by atomic mass is 35.5. The van der Waals surface area contributed by atoms with Crippen LogP contribution in [-0.2, 0) is 22.6 Å². The van der Waals surface area contributed by atoms with Crippen LogP contribution in [0.1, 0.15) is 34.3 Å². The van der Waals surface area contributed by atoms with Crippen LogP contribution in [0.25, 0.3) is 0 Å². The van der Waals surface area contributed by atoms with E-state index in [1.165, 1.54) is 12.1 Å². The number of benzene rings is 3. The van der Waals surface area contributed by atoms with Gasteiger partial charge in [-0.3, -0.25) is 0 Å². The second-order valence-corrected chi connectivity index (χ2v) is 12.0. The van der Waals surface area contributed by atoms with Crippen molar-refractivity contribution in [2.75, 3.05) is 40.5 Å². The Labute approximate surface area is 284 Å². The number of carboxylic acids is 1. The van der Waals surface area contributed by atoms with Gasteiger partial charge in [0.1, 0.15) is 53.5 Å². The van der Waals surface area contributed by atoms with Gasteiger partial charge in [-0.2, -0.15) is 13.2 Å². The van der Waals surface area contributed by atoms with Crippen molar-refractivity contribution in [1.82, 2.24) is 4.90 Å². The maximum atomic E-state index is 11.8. The number of hydrogen-bond acceptors (Lipinski definition) is 9. The second-order valence-electron chi connectivity index (χ2n) is 11.2. The predicted octanol–water partition coefficient (Wildman–Crippen LogP) is 6.21. The molecule has 0 aromatic heterocycles. The third kappa shape index (κ3) is 9.82. The number of methoxy groups -OCH3 is 2. The van der Waals surface area contributed by atoms with Gasteiger partial charge < -0.3 is 38.8 Å². The van der Waals surface area contributed by atoms with E-state index < -0.39 is 24.2 Å². The van der Waals surface area contributed by atoms with Gasteiger partial charge in [0.05, 0.1) is 19.2 Å². The quantitative estimate of drug-likeness (QED) is 0.234. The van der Waals surface area contributed by atoms with Crippen LogP contribution in [-0.4, -0.2) is 85.4 Å². The SMILES string of the molecule is COC(=O)C(F)(F)F.COc1ccc(COc2cc(OC[C@@H](O)CN3CCC4(CC3)Cc3cc(Cl)ccc3O4)c(C(=O)O)cc2Cl)cc1. The van der Waals surface area contributed by atoms with Crippen LogP contribution in [0.3, 0.4) is 0 Å². The first-order chi connectivity index (χ1) is 22.7. The summed E-state index contributed by atoms with van der Waals surface area (Å²) in [4.78, 5) is 23.5. The number of hydrogen-bond donors (Lipinski definition) is 2. The molecule has 1 saturated heterocycles. The zero-order valence-electron chi connectivity index (χ0n) is 26.0. The van der Waals surface area contributed by atoms with Crippen LogP contribution in [0.4, 0.5) is 13.2 Å². The Morgan fingerprint density at radius 1 is 1.00 bits per heavy atom. The molecule has 1 spiro atoms. The van der Waals surface area contributed by atoms with Crippen LogP contribution in [0.15, 0.2) is 54.6 Å². The fraction of sp³-hybridized carbons (Fsp3) is 0.394. The van der Waals surface area contributed by atoms with E-state index in [1.54, 1.807) is 7.11 Å². The molecular weight excluding hydrogens is 682 g/mol. The minimum atomic E-state index is -4.85. The Bertz CT molecular complexity index is 1580. The summed E-state index contributed by atoms with van der Waals surface area (Å²) in [6.45, 7) is 2.07. The highest BCUT2D eigenvalue weighted by Crippen LogP contribution is 2.42. The molecule has 0 saturated carbocycles. The zero-order valence-corrected chi connectivity index (χ0v) is 27.5. The third-order valence-corrected chi connectivity index (χ3v) is 8.29. The van der Waals surface area contributed by atoms with Crippen LogP contribution in [0.5, 0.6) is 23.0 Å². The molecule has 15 heteroatoms. The van der Waals surface area contributed by atoms with Crippen LogP contribution in [0.2, 0.25) is 10.0 Å². The number of carbonyl (C=O) groups excluding carboxylic acids is 1. The van der Waals surface area contributed by atoms with Crippen molar-refractivity contribution >= 4 is 35.1 Å². The lowest BCUT2D eigenvalue weighted by molar-refractivity contribution is -0.196. The van der Waals surface area contributed by atoms with Crippen molar-refractivity contribution in [3.63, 3.8) is 0 Å². The minimum Gasteiger partial charge on any atom is -0.497 e. The standard InChI is InChI=1S/C30H31Cl2NO7.C3H3F3O2/c1-37-23-5-2-19(3-6-23)17-38-28-14-27(24(29(35)36)13-25(28)32)39-18-22(34)16-33-10-8-30(9-11-33)15-20-12-21(31)4-7-26(20)40-30;1-8-2(7)3(4,5)6/h2-7,12-14,22,34H,8-11,15-18H2,1H3,(H,35,36);1H3/t22-;/m0./s1. The van der Waals surface area contributed by atoms with Crippen molar-refractivity contribution in [1.29, 1.82) is 0 Å². The summed E-state index contributed by atoms with van der Waals surface area (Å²) in [6, 6.07) is 15.9. The van der Waals surface area contributed by atoms with E-state index in [9.17, 15) is 33.0 Å². The number of rotatable bonds is 10. The van der Waals surface area contributed by atoms with Gasteiger partial charge in [-0.1, -0.05) is 35.3 Å². The van der Waals surface area contributed by atoms with E-state index in [-0.39, 0.29) is 40.9 Å². The molecule has 0 aliphatic carbocycles. The number of fused-ring (bicyclic) bond motifs is 1. The Hall–Kier alpha value is -3.91. The number of nitrogens with zero attached hydrogens (tertiary/aromatic N) is 1. The summed E-state index contributed by atoms with van der Waals surface area (Å²) in [5, 5.41) is 21.2. The molecule has 260 valence electrons. The van der Waals surface area contributed by atoms with E-state index >= 15 is 0 Å². The van der Waals surface area contributed by atoms with Crippen molar-refractivity contribution in [3.8, 4) is 23.0 Å². The number of piperidine rings is 1. The largest absolute Gasteiger partial charge is 0.497 e. The summed E-state index contributed by atoms with van der Waals surface area (Å²) >= 11 is 12.4. The van der Waals surface area contributed by atoms with E-state index in [4.69, 9.17) is 42.1 Å². The summed E-state index contributed by atoms with van der Waals surface area (Å²) in [5.74, 6) is -1.36. The van der Waals surface area contributed by atoms with Gasteiger partial charge in [0, 0.05) is 50.0 Å². The lowest BCUT2D eigenvalue weighted by Gasteiger charge is -2.39. The number of carboxylic acid groups (broad SMARTS) is 1. The summed E-state index contributed by atoms with van der Waals surface area (Å²) in [6.07, 6.45) is -3.17. The lowest BCUT2D eigenvalue weighted by atomic mass is 9.87. The summed E-state index contributed by atoms with van der Waals surface area (Å²) in [7, 11) is 2.27. The second kappa shape index (κ2) is 16.0.